The van der Waals surface area contributed by atoms with Crippen molar-refractivity contribution in [3.8, 4) is 0 Å². The maximum atomic E-state index is 11.9. The molecule has 6 nitrogen and oxygen atoms in total. The highest BCUT2D eigenvalue weighted by Gasteiger charge is 2.19. The number of anilines is 1. The smallest absolute Gasteiger partial charge is 0.248 e. The average molecular weight is 342 g/mol. The molecular formula is C13H16BrN3O3. The Morgan fingerprint density at radius 1 is 1.05 bits per heavy atom. The Morgan fingerprint density at radius 2 is 1.50 bits per heavy atom. The summed E-state index contributed by atoms with van der Waals surface area (Å²) in [7, 11) is 0. The van der Waals surface area contributed by atoms with Gasteiger partial charge < -0.3 is 16.8 Å². The van der Waals surface area contributed by atoms with Crippen molar-refractivity contribution in [1.82, 2.24) is 0 Å². The molecule has 1 rings (SSSR count). The van der Waals surface area contributed by atoms with Crippen LogP contribution in [0.1, 0.15) is 34.6 Å². The van der Waals surface area contributed by atoms with Gasteiger partial charge in [-0.2, -0.15) is 0 Å². The maximum absolute atomic E-state index is 11.9. The highest BCUT2D eigenvalue weighted by molar-refractivity contribution is 9.10. The Balaban J connectivity index is 3.09. The second-order valence-electron chi connectivity index (χ2n) is 4.66. The lowest BCUT2D eigenvalue weighted by atomic mass is 10.1. The fourth-order valence-corrected chi connectivity index (χ4v) is 1.61. The summed E-state index contributed by atoms with van der Waals surface area (Å²) >= 11 is 3.26. The van der Waals surface area contributed by atoms with E-state index in [9.17, 15) is 14.4 Å². The van der Waals surface area contributed by atoms with Gasteiger partial charge in [0.05, 0.1) is 4.83 Å². The lowest BCUT2D eigenvalue weighted by Gasteiger charge is -2.14. The highest BCUT2D eigenvalue weighted by atomic mass is 79.9. The zero-order valence-corrected chi connectivity index (χ0v) is 12.7. The first kappa shape index (κ1) is 16.2. The second kappa shape index (κ2) is 6.51. The van der Waals surface area contributed by atoms with Crippen LogP contribution < -0.4 is 16.8 Å². The van der Waals surface area contributed by atoms with Gasteiger partial charge in [0.2, 0.25) is 17.7 Å². The summed E-state index contributed by atoms with van der Waals surface area (Å²) in [6.07, 6.45) is 0. The fourth-order valence-electron chi connectivity index (χ4n) is 1.50. The summed E-state index contributed by atoms with van der Waals surface area (Å²) in [6, 6.07) is 4.08. The van der Waals surface area contributed by atoms with Crippen LogP contribution in [0, 0.1) is 5.92 Å². The molecule has 3 amide bonds. The maximum Gasteiger partial charge on any atom is 0.248 e. The number of benzene rings is 1. The van der Waals surface area contributed by atoms with E-state index in [2.05, 4.69) is 21.2 Å². The number of primary amides is 2. The molecule has 0 saturated heterocycles. The minimum absolute atomic E-state index is 0.0879. The third-order valence-electron chi connectivity index (χ3n) is 2.61. The summed E-state index contributed by atoms with van der Waals surface area (Å²) in [6.45, 7) is 3.77. The third-order valence-corrected chi connectivity index (χ3v) is 4.08. The molecule has 0 aliphatic carbocycles. The van der Waals surface area contributed by atoms with Crippen molar-refractivity contribution in [2.75, 3.05) is 5.32 Å². The normalized spacial score (nSPS) is 12.0. The SMILES string of the molecule is CC(C)C(Br)C(=O)Nc1cc(C(N)=O)cc(C(N)=O)c1. The van der Waals surface area contributed by atoms with Crippen LogP contribution in [0.15, 0.2) is 18.2 Å². The molecule has 1 unspecified atom stereocenters. The van der Waals surface area contributed by atoms with Crippen LogP contribution in [0.5, 0.6) is 0 Å². The van der Waals surface area contributed by atoms with Gasteiger partial charge in [-0.1, -0.05) is 29.8 Å². The minimum Gasteiger partial charge on any atom is -0.366 e. The number of hydrogen-bond acceptors (Lipinski definition) is 3. The van der Waals surface area contributed by atoms with Crippen LogP contribution in [-0.4, -0.2) is 22.5 Å². The van der Waals surface area contributed by atoms with E-state index in [0.717, 1.165) is 0 Å². The second-order valence-corrected chi connectivity index (χ2v) is 5.65. The number of carbonyl (C=O) groups excluding carboxylic acids is 3. The number of hydrogen-bond donors (Lipinski definition) is 3. The van der Waals surface area contributed by atoms with Gasteiger partial charge in [-0.15, -0.1) is 0 Å². The Bertz CT molecular complexity index is 526. The van der Waals surface area contributed by atoms with Crippen LogP contribution >= 0.6 is 15.9 Å². The van der Waals surface area contributed by atoms with E-state index in [4.69, 9.17) is 11.5 Å². The number of nitrogens with two attached hydrogens (primary N) is 2. The van der Waals surface area contributed by atoms with Crippen molar-refractivity contribution in [3.63, 3.8) is 0 Å². The number of halogens is 1. The van der Waals surface area contributed by atoms with Gasteiger partial charge in [-0.05, 0) is 24.1 Å². The van der Waals surface area contributed by atoms with E-state index in [1.54, 1.807) is 0 Å². The van der Waals surface area contributed by atoms with Gasteiger partial charge in [0.25, 0.3) is 0 Å². The Labute approximate surface area is 125 Å². The molecule has 1 aromatic carbocycles. The Kier molecular flexibility index (Phi) is 5.26. The largest absolute Gasteiger partial charge is 0.366 e. The van der Waals surface area contributed by atoms with Gasteiger partial charge in [-0.3, -0.25) is 14.4 Å². The first-order valence-electron chi connectivity index (χ1n) is 5.92. The zero-order chi connectivity index (χ0) is 15.4. The molecule has 108 valence electrons. The van der Waals surface area contributed by atoms with E-state index >= 15 is 0 Å². The summed E-state index contributed by atoms with van der Waals surface area (Å²) in [5.41, 5.74) is 10.9. The zero-order valence-electron chi connectivity index (χ0n) is 11.1. The molecule has 20 heavy (non-hydrogen) atoms. The molecule has 5 N–H and O–H groups in total. The van der Waals surface area contributed by atoms with Gasteiger partial charge in [0.1, 0.15) is 0 Å². The lowest BCUT2D eigenvalue weighted by molar-refractivity contribution is -0.116. The van der Waals surface area contributed by atoms with Crippen LogP contribution in [0.25, 0.3) is 0 Å². The third kappa shape index (κ3) is 4.06. The summed E-state index contributed by atoms with van der Waals surface area (Å²) in [5.74, 6) is -1.60. The van der Waals surface area contributed by atoms with E-state index < -0.39 is 16.6 Å². The van der Waals surface area contributed by atoms with Crippen molar-refractivity contribution < 1.29 is 14.4 Å². The number of carbonyl (C=O) groups is 3. The topological polar surface area (TPSA) is 115 Å². The predicted octanol–water partition coefficient (Wildman–Crippen LogP) is 1.24. The molecule has 0 aliphatic heterocycles. The van der Waals surface area contributed by atoms with Crippen LogP contribution in [0.3, 0.4) is 0 Å². The molecule has 7 heteroatoms. The monoisotopic (exact) mass is 341 g/mol. The van der Waals surface area contributed by atoms with Gasteiger partial charge in [-0.25, -0.2) is 0 Å². The van der Waals surface area contributed by atoms with Crippen molar-refractivity contribution >= 4 is 39.3 Å². The molecule has 0 radical (unpaired) electrons. The molecule has 0 bridgehead atoms. The molecular weight excluding hydrogens is 326 g/mol. The van der Waals surface area contributed by atoms with E-state index in [1.807, 2.05) is 13.8 Å². The predicted molar refractivity (Wildman–Crippen MR) is 79.7 cm³/mol. The van der Waals surface area contributed by atoms with Crippen molar-refractivity contribution in [3.05, 3.63) is 29.3 Å². The van der Waals surface area contributed by atoms with E-state index in [0.29, 0.717) is 5.69 Å². The van der Waals surface area contributed by atoms with Gasteiger partial charge >= 0.3 is 0 Å². The first-order valence-corrected chi connectivity index (χ1v) is 6.83. The fraction of sp³-hybridized carbons (Fsp3) is 0.308. The molecule has 0 spiro atoms. The summed E-state index contributed by atoms with van der Waals surface area (Å²) in [5, 5.41) is 2.61. The van der Waals surface area contributed by atoms with Crippen molar-refractivity contribution in [2.24, 2.45) is 17.4 Å². The molecule has 0 aromatic heterocycles. The molecule has 0 aliphatic rings. The minimum atomic E-state index is -0.706. The molecule has 0 saturated carbocycles. The van der Waals surface area contributed by atoms with E-state index in [1.165, 1.54) is 18.2 Å². The number of alkyl halides is 1. The molecule has 0 fully saturated rings. The van der Waals surface area contributed by atoms with Crippen LogP contribution in [0.2, 0.25) is 0 Å². The Hall–Kier alpha value is -1.89. The van der Waals surface area contributed by atoms with Crippen molar-refractivity contribution in [1.29, 1.82) is 0 Å². The molecule has 1 atom stereocenters. The average Bonchev–Trinajstić information content (AvgIpc) is 2.36. The lowest BCUT2D eigenvalue weighted by Crippen LogP contribution is -2.27. The molecule has 0 heterocycles. The summed E-state index contributed by atoms with van der Waals surface area (Å²) < 4.78 is 0. The van der Waals surface area contributed by atoms with Crippen LogP contribution in [0.4, 0.5) is 5.69 Å². The number of amides is 3. The quantitative estimate of drug-likeness (QED) is 0.699. The van der Waals surface area contributed by atoms with E-state index in [-0.39, 0.29) is 23.0 Å². The van der Waals surface area contributed by atoms with Gasteiger partial charge in [0.15, 0.2) is 0 Å². The molecule has 1 aromatic rings. The van der Waals surface area contributed by atoms with Crippen molar-refractivity contribution in [2.45, 2.75) is 18.7 Å². The van der Waals surface area contributed by atoms with Crippen LogP contribution in [-0.2, 0) is 4.79 Å². The first-order chi connectivity index (χ1) is 9.22. The van der Waals surface area contributed by atoms with Gasteiger partial charge in [0, 0.05) is 16.8 Å². The summed E-state index contributed by atoms with van der Waals surface area (Å²) in [4.78, 5) is 33.9. The number of rotatable bonds is 5. The Morgan fingerprint density at radius 3 is 1.85 bits per heavy atom. The number of nitrogens with one attached hydrogen (secondary N) is 1. The highest BCUT2D eigenvalue weighted by Crippen LogP contribution is 2.18. The standard InChI is InChI=1S/C13H16BrN3O3/c1-6(2)10(14)13(20)17-9-4-7(11(15)18)3-8(5-9)12(16)19/h3-6,10H,1-2H3,(H2,15,18)(H2,16,19)(H,17,20).